The SMILES string of the molecule is C=CP(=O)(NCCCc1ccccc1)OCC(F)(F)F. The van der Waals surface area contributed by atoms with Gasteiger partial charge in [-0.05, 0) is 18.4 Å². The zero-order chi connectivity index (χ0) is 15.1. The molecule has 3 nitrogen and oxygen atoms in total. The summed E-state index contributed by atoms with van der Waals surface area (Å²) in [6.07, 6.45) is -3.13. The minimum Gasteiger partial charge on any atom is -0.305 e. The van der Waals surface area contributed by atoms with Crippen LogP contribution in [-0.4, -0.2) is 19.3 Å². The molecule has 0 saturated heterocycles. The number of hydrogen-bond acceptors (Lipinski definition) is 2. The van der Waals surface area contributed by atoms with E-state index in [4.69, 9.17) is 0 Å². The molecule has 0 bridgehead atoms. The maximum Gasteiger partial charge on any atom is 0.412 e. The van der Waals surface area contributed by atoms with Crippen molar-refractivity contribution in [1.29, 1.82) is 0 Å². The molecule has 0 spiro atoms. The van der Waals surface area contributed by atoms with E-state index in [1.54, 1.807) is 0 Å². The van der Waals surface area contributed by atoms with E-state index in [2.05, 4.69) is 16.2 Å². The van der Waals surface area contributed by atoms with Crippen LogP contribution in [0, 0.1) is 0 Å². The normalized spacial score (nSPS) is 14.8. The average molecular weight is 307 g/mol. The van der Waals surface area contributed by atoms with Crippen LogP contribution in [0.3, 0.4) is 0 Å². The first-order chi connectivity index (χ1) is 9.35. The zero-order valence-corrected chi connectivity index (χ0v) is 11.8. The summed E-state index contributed by atoms with van der Waals surface area (Å²) >= 11 is 0. The van der Waals surface area contributed by atoms with E-state index < -0.39 is 20.3 Å². The van der Waals surface area contributed by atoms with E-state index in [1.807, 2.05) is 30.3 Å². The van der Waals surface area contributed by atoms with E-state index in [1.165, 1.54) is 0 Å². The molecule has 1 unspecified atom stereocenters. The quantitative estimate of drug-likeness (QED) is 0.580. The average Bonchev–Trinajstić information content (AvgIpc) is 2.42. The van der Waals surface area contributed by atoms with Crippen LogP contribution < -0.4 is 5.09 Å². The molecule has 20 heavy (non-hydrogen) atoms. The molecule has 0 saturated carbocycles. The molecule has 1 aromatic rings. The molecular weight excluding hydrogens is 290 g/mol. The minimum atomic E-state index is -4.51. The van der Waals surface area contributed by atoms with E-state index in [9.17, 15) is 17.7 Å². The highest BCUT2D eigenvalue weighted by atomic mass is 31.2. The number of halogens is 3. The van der Waals surface area contributed by atoms with Crippen molar-refractivity contribution in [2.24, 2.45) is 0 Å². The lowest BCUT2D eigenvalue weighted by molar-refractivity contribution is -0.153. The van der Waals surface area contributed by atoms with Gasteiger partial charge >= 0.3 is 6.18 Å². The highest BCUT2D eigenvalue weighted by Gasteiger charge is 2.32. The second-order valence-electron chi connectivity index (χ2n) is 4.17. The van der Waals surface area contributed by atoms with Crippen LogP contribution >= 0.6 is 7.52 Å². The molecule has 0 aliphatic carbocycles. The van der Waals surface area contributed by atoms with Gasteiger partial charge in [0.1, 0.15) is 0 Å². The fraction of sp³-hybridized carbons (Fsp3) is 0.385. The Morgan fingerprint density at radius 1 is 1.30 bits per heavy atom. The fourth-order valence-electron chi connectivity index (χ4n) is 1.50. The van der Waals surface area contributed by atoms with Gasteiger partial charge in [0.25, 0.3) is 7.52 Å². The third-order valence-corrected chi connectivity index (χ3v) is 4.14. The Balaban J connectivity index is 2.34. The number of rotatable bonds is 8. The number of alkyl halides is 3. The van der Waals surface area contributed by atoms with Gasteiger partial charge in [-0.2, -0.15) is 13.2 Å². The van der Waals surface area contributed by atoms with Gasteiger partial charge in [-0.25, -0.2) is 5.09 Å². The number of aryl methyl sites for hydroxylation is 1. The van der Waals surface area contributed by atoms with Crippen molar-refractivity contribution in [3.05, 3.63) is 48.3 Å². The summed E-state index contributed by atoms with van der Waals surface area (Å²) in [5.74, 6) is 0.904. The highest BCUT2D eigenvalue weighted by molar-refractivity contribution is 7.60. The molecule has 7 heteroatoms. The van der Waals surface area contributed by atoms with E-state index in [0.717, 1.165) is 17.8 Å². The topological polar surface area (TPSA) is 38.3 Å². The van der Waals surface area contributed by atoms with Gasteiger partial charge in [0, 0.05) is 12.4 Å². The van der Waals surface area contributed by atoms with Crippen molar-refractivity contribution in [3.63, 3.8) is 0 Å². The van der Waals surface area contributed by atoms with Crippen LogP contribution in [0.25, 0.3) is 0 Å². The molecular formula is C13H17F3NO2P. The summed E-state index contributed by atoms with van der Waals surface area (Å²) in [5.41, 5.74) is 1.11. The Bertz CT molecular complexity index is 462. The monoisotopic (exact) mass is 307 g/mol. The number of nitrogens with one attached hydrogen (secondary N) is 1. The lowest BCUT2D eigenvalue weighted by Crippen LogP contribution is -2.20. The first-order valence-electron chi connectivity index (χ1n) is 6.08. The Morgan fingerprint density at radius 3 is 2.50 bits per heavy atom. The van der Waals surface area contributed by atoms with Gasteiger partial charge < -0.3 is 4.52 Å². The van der Waals surface area contributed by atoms with E-state index in [-0.39, 0.29) is 6.54 Å². The summed E-state index contributed by atoms with van der Waals surface area (Å²) in [5, 5.41) is 2.50. The van der Waals surface area contributed by atoms with Crippen LogP contribution in [-0.2, 0) is 15.5 Å². The molecule has 1 rings (SSSR count). The predicted octanol–water partition coefficient (Wildman–Crippen LogP) is 4.12. The third kappa shape index (κ3) is 6.89. The van der Waals surface area contributed by atoms with Crippen molar-refractivity contribution in [2.45, 2.75) is 19.0 Å². The maximum atomic E-state index is 12.0. The maximum absolute atomic E-state index is 12.0. The van der Waals surface area contributed by atoms with E-state index in [0.29, 0.717) is 6.42 Å². The summed E-state index contributed by atoms with van der Waals surface area (Å²) in [6, 6.07) is 9.62. The van der Waals surface area contributed by atoms with Crippen molar-refractivity contribution < 1.29 is 22.3 Å². The van der Waals surface area contributed by atoms with Crippen molar-refractivity contribution in [2.75, 3.05) is 13.2 Å². The first kappa shape index (κ1) is 17.0. The van der Waals surface area contributed by atoms with Crippen molar-refractivity contribution >= 4 is 7.52 Å². The van der Waals surface area contributed by atoms with Crippen LogP contribution in [0.5, 0.6) is 0 Å². The predicted molar refractivity (Wildman–Crippen MR) is 72.6 cm³/mol. The zero-order valence-electron chi connectivity index (χ0n) is 10.9. The smallest absolute Gasteiger partial charge is 0.305 e. The summed E-state index contributed by atoms with van der Waals surface area (Å²) in [4.78, 5) is 0. The van der Waals surface area contributed by atoms with Gasteiger partial charge in [-0.15, -0.1) is 0 Å². The Hall–Kier alpha value is -1.10. The molecule has 0 radical (unpaired) electrons. The fourth-order valence-corrected chi connectivity index (χ4v) is 2.64. The highest BCUT2D eigenvalue weighted by Crippen LogP contribution is 2.44. The Labute approximate surface area is 116 Å². The minimum absolute atomic E-state index is 0.288. The molecule has 1 atom stereocenters. The van der Waals surface area contributed by atoms with Crippen LogP contribution in [0.2, 0.25) is 0 Å². The standard InChI is InChI=1S/C13H17F3NO2P/c1-2-20(18,19-11-13(14,15)16)17-10-6-9-12-7-4-3-5-8-12/h2-5,7-8H,1,6,9-11H2,(H,17,18). The molecule has 112 valence electrons. The van der Waals surface area contributed by atoms with Gasteiger partial charge in [-0.1, -0.05) is 36.9 Å². The van der Waals surface area contributed by atoms with Crippen LogP contribution in [0.4, 0.5) is 13.2 Å². The molecule has 0 amide bonds. The largest absolute Gasteiger partial charge is 0.412 e. The molecule has 0 aliphatic rings. The molecule has 1 aromatic carbocycles. The number of hydrogen-bond donors (Lipinski definition) is 1. The van der Waals surface area contributed by atoms with E-state index >= 15 is 0 Å². The van der Waals surface area contributed by atoms with Gasteiger partial charge in [0.2, 0.25) is 0 Å². The second kappa shape index (κ2) is 7.62. The Morgan fingerprint density at radius 2 is 1.95 bits per heavy atom. The summed E-state index contributed by atoms with van der Waals surface area (Å²) in [7, 11) is -3.62. The lowest BCUT2D eigenvalue weighted by atomic mass is 10.1. The van der Waals surface area contributed by atoms with Crippen molar-refractivity contribution in [3.8, 4) is 0 Å². The molecule has 0 aliphatic heterocycles. The number of benzene rings is 1. The molecule has 0 heterocycles. The van der Waals surface area contributed by atoms with Crippen LogP contribution in [0.15, 0.2) is 42.7 Å². The molecule has 0 aromatic heterocycles. The first-order valence-corrected chi connectivity index (χ1v) is 7.78. The van der Waals surface area contributed by atoms with Crippen LogP contribution in [0.1, 0.15) is 12.0 Å². The van der Waals surface area contributed by atoms with Crippen molar-refractivity contribution in [1.82, 2.24) is 5.09 Å². The second-order valence-corrected chi connectivity index (χ2v) is 6.30. The van der Waals surface area contributed by atoms with Gasteiger partial charge in [0.05, 0.1) is 0 Å². The molecule has 0 fully saturated rings. The molecule has 1 N–H and O–H groups in total. The summed E-state index contributed by atoms with van der Waals surface area (Å²) < 4.78 is 52.4. The summed E-state index contributed by atoms with van der Waals surface area (Å²) in [6.45, 7) is 1.99. The Kier molecular flexibility index (Phi) is 6.46. The van der Waals surface area contributed by atoms with Gasteiger partial charge in [0.15, 0.2) is 6.61 Å². The lowest BCUT2D eigenvalue weighted by Gasteiger charge is -2.17. The van der Waals surface area contributed by atoms with Gasteiger partial charge in [-0.3, -0.25) is 4.57 Å². The third-order valence-electron chi connectivity index (χ3n) is 2.48.